The largest absolute Gasteiger partial charge is 0.495 e. The lowest BCUT2D eigenvalue weighted by Gasteiger charge is -2.06. The number of hydrogen-bond donors (Lipinski definition) is 1. The van der Waals surface area contributed by atoms with E-state index in [9.17, 15) is 0 Å². The van der Waals surface area contributed by atoms with E-state index in [2.05, 4.69) is 17.0 Å². The maximum Gasteiger partial charge on any atom is 0.158 e. The third kappa shape index (κ3) is 2.30. The van der Waals surface area contributed by atoms with Crippen molar-refractivity contribution in [3.05, 3.63) is 24.0 Å². The molecule has 0 aliphatic heterocycles. The summed E-state index contributed by atoms with van der Waals surface area (Å²) in [5.41, 5.74) is 7.46. The molecule has 5 heteroatoms. The van der Waals surface area contributed by atoms with Crippen LogP contribution in [0.2, 0.25) is 0 Å². The average molecular weight is 246 g/mol. The normalized spacial score (nSPS) is 10.6. The fourth-order valence-corrected chi connectivity index (χ4v) is 1.89. The van der Waals surface area contributed by atoms with Crippen molar-refractivity contribution < 1.29 is 4.74 Å². The van der Waals surface area contributed by atoms with E-state index in [1.54, 1.807) is 11.8 Å². The molecule has 0 bridgehead atoms. The average Bonchev–Trinajstić information content (AvgIpc) is 2.71. The number of nitrogens with zero attached hydrogens (tertiary/aromatic N) is 3. The molecular weight excluding hydrogens is 228 g/mol. The molecule has 2 rings (SSSR count). The first kappa shape index (κ1) is 12.4. The summed E-state index contributed by atoms with van der Waals surface area (Å²) in [5.74, 6) is 2.37. The lowest BCUT2D eigenvalue weighted by Crippen LogP contribution is -1.97. The van der Waals surface area contributed by atoms with Crippen molar-refractivity contribution in [1.82, 2.24) is 14.8 Å². The molecular formula is C13H18N4O. The summed E-state index contributed by atoms with van der Waals surface area (Å²) in [6, 6.07) is 5.65. The van der Waals surface area contributed by atoms with E-state index in [1.807, 2.05) is 25.2 Å². The third-order valence-corrected chi connectivity index (χ3v) is 2.77. The van der Waals surface area contributed by atoms with Gasteiger partial charge in [-0.15, -0.1) is 0 Å². The predicted molar refractivity (Wildman–Crippen MR) is 71.4 cm³/mol. The van der Waals surface area contributed by atoms with Crippen LogP contribution in [0.1, 0.15) is 19.2 Å². The molecule has 0 aliphatic rings. The highest BCUT2D eigenvalue weighted by molar-refractivity contribution is 5.66. The van der Waals surface area contributed by atoms with E-state index in [4.69, 9.17) is 10.5 Å². The number of aromatic nitrogens is 3. The zero-order chi connectivity index (χ0) is 13.1. The van der Waals surface area contributed by atoms with Gasteiger partial charge in [0.1, 0.15) is 5.75 Å². The molecule has 1 aromatic heterocycles. The molecule has 0 radical (unpaired) electrons. The van der Waals surface area contributed by atoms with Gasteiger partial charge in [-0.3, -0.25) is 0 Å². The third-order valence-electron chi connectivity index (χ3n) is 2.77. The van der Waals surface area contributed by atoms with Crippen LogP contribution in [0.15, 0.2) is 18.2 Å². The van der Waals surface area contributed by atoms with Crippen molar-refractivity contribution in [3.8, 4) is 17.1 Å². The maximum atomic E-state index is 5.90. The van der Waals surface area contributed by atoms with Gasteiger partial charge in [0.05, 0.1) is 12.8 Å². The fourth-order valence-electron chi connectivity index (χ4n) is 1.89. The van der Waals surface area contributed by atoms with Crippen LogP contribution in [0, 0.1) is 0 Å². The zero-order valence-corrected chi connectivity index (χ0v) is 11.0. The van der Waals surface area contributed by atoms with Crippen LogP contribution in [0.4, 0.5) is 5.69 Å². The quantitative estimate of drug-likeness (QED) is 0.838. The van der Waals surface area contributed by atoms with Gasteiger partial charge in [0.2, 0.25) is 0 Å². The second kappa shape index (κ2) is 5.08. The van der Waals surface area contributed by atoms with Gasteiger partial charge in [0.25, 0.3) is 0 Å². The Kier molecular flexibility index (Phi) is 3.50. The van der Waals surface area contributed by atoms with Crippen molar-refractivity contribution in [2.75, 3.05) is 12.8 Å². The summed E-state index contributed by atoms with van der Waals surface area (Å²) in [4.78, 5) is 4.52. The van der Waals surface area contributed by atoms with Crippen LogP contribution < -0.4 is 10.5 Å². The molecule has 2 N–H and O–H groups in total. The van der Waals surface area contributed by atoms with Gasteiger partial charge >= 0.3 is 0 Å². The Bertz CT molecular complexity index is 548. The van der Waals surface area contributed by atoms with Crippen LogP contribution in [0.5, 0.6) is 5.75 Å². The number of hydrogen-bond acceptors (Lipinski definition) is 4. The Morgan fingerprint density at radius 1 is 1.39 bits per heavy atom. The first-order valence-electron chi connectivity index (χ1n) is 5.99. The molecule has 0 saturated carbocycles. The Morgan fingerprint density at radius 2 is 2.17 bits per heavy atom. The molecule has 18 heavy (non-hydrogen) atoms. The fraction of sp³-hybridized carbons (Fsp3) is 0.385. The number of nitrogens with two attached hydrogens (primary N) is 1. The van der Waals surface area contributed by atoms with E-state index < -0.39 is 0 Å². The molecule has 0 saturated heterocycles. The van der Waals surface area contributed by atoms with Crippen molar-refractivity contribution in [2.24, 2.45) is 7.05 Å². The van der Waals surface area contributed by atoms with Crippen molar-refractivity contribution in [3.63, 3.8) is 0 Å². The minimum Gasteiger partial charge on any atom is -0.495 e. The lowest BCUT2D eigenvalue weighted by molar-refractivity contribution is 0.417. The molecule has 1 heterocycles. The summed E-state index contributed by atoms with van der Waals surface area (Å²) in [5, 5.41) is 4.38. The summed E-state index contributed by atoms with van der Waals surface area (Å²) in [7, 11) is 3.49. The van der Waals surface area contributed by atoms with Gasteiger partial charge in [-0.1, -0.05) is 6.92 Å². The standard InChI is InChI=1S/C13H18N4O/c1-4-5-12-15-13(17(2)16-12)9-6-7-11(18-3)10(14)8-9/h6-8H,4-5,14H2,1-3H3. The molecule has 0 fully saturated rings. The van der Waals surface area contributed by atoms with Crippen molar-refractivity contribution >= 4 is 5.69 Å². The van der Waals surface area contributed by atoms with Crippen LogP contribution >= 0.6 is 0 Å². The number of nitrogen functional groups attached to an aromatic ring is 1. The van der Waals surface area contributed by atoms with Crippen LogP contribution in [-0.2, 0) is 13.5 Å². The van der Waals surface area contributed by atoms with Gasteiger partial charge in [-0.05, 0) is 24.6 Å². The Labute approximate surface area is 107 Å². The highest BCUT2D eigenvalue weighted by Crippen LogP contribution is 2.27. The second-order valence-electron chi connectivity index (χ2n) is 4.18. The molecule has 0 spiro atoms. The summed E-state index contributed by atoms with van der Waals surface area (Å²) >= 11 is 0. The Balaban J connectivity index is 2.39. The van der Waals surface area contributed by atoms with E-state index in [-0.39, 0.29) is 0 Å². The zero-order valence-electron chi connectivity index (χ0n) is 11.0. The molecule has 2 aromatic rings. The summed E-state index contributed by atoms with van der Waals surface area (Å²) < 4.78 is 6.93. The number of anilines is 1. The maximum absolute atomic E-state index is 5.90. The van der Waals surface area contributed by atoms with Crippen molar-refractivity contribution in [1.29, 1.82) is 0 Å². The van der Waals surface area contributed by atoms with Gasteiger partial charge in [-0.25, -0.2) is 9.67 Å². The minimum absolute atomic E-state index is 0.607. The highest BCUT2D eigenvalue weighted by Gasteiger charge is 2.10. The van der Waals surface area contributed by atoms with Crippen LogP contribution in [0.3, 0.4) is 0 Å². The van der Waals surface area contributed by atoms with Crippen LogP contribution in [0.25, 0.3) is 11.4 Å². The molecule has 0 unspecified atom stereocenters. The van der Waals surface area contributed by atoms with E-state index in [0.29, 0.717) is 11.4 Å². The lowest BCUT2D eigenvalue weighted by atomic mass is 10.2. The monoisotopic (exact) mass is 246 g/mol. The summed E-state index contributed by atoms with van der Waals surface area (Å²) in [6.07, 6.45) is 1.92. The number of ether oxygens (including phenoxy) is 1. The molecule has 5 nitrogen and oxygen atoms in total. The highest BCUT2D eigenvalue weighted by atomic mass is 16.5. The molecule has 0 atom stereocenters. The minimum atomic E-state index is 0.607. The van der Waals surface area contributed by atoms with Gasteiger partial charge < -0.3 is 10.5 Å². The van der Waals surface area contributed by atoms with Crippen molar-refractivity contribution in [2.45, 2.75) is 19.8 Å². The van der Waals surface area contributed by atoms with Gasteiger partial charge in [-0.2, -0.15) is 5.10 Å². The topological polar surface area (TPSA) is 66.0 Å². The second-order valence-corrected chi connectivity index (χ2v) is 4.18. The predicted octanol–water partition coefficient (Wildman–Crippen LogP) is 2.03. The number of aryl methyl sites for hydroxylation is 2. The number of benzene rings is 1. The van der Waals surface area contributed by atoms with E-state index in [1.165, 1.54) is 0 Å². The molecule has 0 amide bonds. The van der Waals surface area contributed by atoms with Gasteiger partial charge in [0, 0.05) is 19.0 Å². The molecule has 0 aliphatic carbocycles. The SMILES string of the molecule is CCCc1nc(-c2ccc(OC)c(N)c2)n(C)n1. The molecule has 96 valence electrons. The Morgan fingerprint density at radius 3 is 2.78 bits per heavy atom. The van der Waals surface area contributed by atoms with Crippen LogP contribution in [-0.4, -0.2) is 21.9 Å². The van der Waals surface area contributed by atoms with E-state index >= 15 is 0 Å². The first-order chi connectivity index (χ1) is 8.65. The first-order valence-corrected chi connectivity index (χ1v) is 5.99. The van der Waals surface area contributed by atoms with E-state index in [0.717, 1.165) is 30.1 Å². The smallest absolute Gasteiger partial charge is 0.158 e. The summed E-state index contributed by atoms with van der Waals surface area (Å²) in [6.45, 7) is 2.11. The number of rotatable bonds is 4. The Hall–Kier alpha value is -2.04. The number of methoxy groups -OCH3 is 1. The van der Waals surface area contributed by atoms with Gasteiger partial charge in [0.15, 0.2) is 11.6 Å². The molecule has 1 aromatic carbocycles.